The van der Waals surface area contributed by atoms with Gasteiger partial charge in [-0.25, -0.2) is 0 Å². The van der Waals surface area contributed by atoms with E-state index in [4.69, 9.17) is 10.00 Å². The lowest BCUT2D eigenvalue weighted by Gasteiger charge is -2.11. The monoisotopic (exact) mass is 321 g/mol. The van der Waals surface area contributed by atoms with Crippen LogP contribution in [-0.4, -0.2) is 6.61 Å². The van der Waals surface area contributed by atoms with E-state index in [2.05, 4.69) is 30.1 Å². The van der Waals surface area contributed by atoms with Crippen molar-refractivity contribution < 1.29 is 4.74 Å². The second kappa shape index (κ2) is 9.46. The number of benzene rings is 2. The minimum atomic E-state index is 0.618. The Morgan fingerprint density at radius 1 is 0.958 bits per heavy atom. The Morgan fingerprint density at radius 2 is 1.67 bits per heavy atom. The van der Waals surface area contributed by atoms with Crippen LogP contribution in [0.15, 0.2) is 52.7 Å². The fourth-order valence-electron chi connectivity index (χ4n) is 2.28. The first-order valence-corrected chi connectivity index (χ1v) is 8.44. The standard InChI is InChI=1S/C20H23N3O/c1-3-5-13-24-20-12-11-19(14-17(20)6-4-2)23-22-18-9-7-16(15-21)8-10-18/h7-12,14H,3-6,13H2,1-2H3. The van der Waals surface area contributed by atoms with Gasteiger partial charge in [0.1, 0.15) is 5.75 Å². The lowest BCUT2D eigenvalue weighted by Crippen LogP contribution is -1.99. The Kier molecular flexibility index (Phi) is 6.97. The van der Waals surface area contributed by atoms with E-state index in [1.165, 1.54) is 5.56 Å². The first-order valence-electron chi connectivity index (χ1n) is 8.44. The molecule has 124 valence electrons. The third-order valence-electron chi connectivity index (χ3n) is 3.60. The summed E-state index contributed by atoms with van der Waals surface area (Å²) in [7, 11) is 0. The molecule has 0 N–H and O–H groups in total. The number of azo groups is 1. The van der Waals surface area contributed by atoms with E-state index in [-0.39, 0.29) is 0 Å². The molecule has 0 radical (unpaired) electrons. The molecule has 0 bridgehead atoms. The van der Waals surface area contributed by atoms with Crippen LogP contribution in [0.3, 0.4) is 0 Å². The summed E-state index contributed by atoms with van der Waals surface area (Å²) in [5, 5.41) is 17.3. The normalized spacial score (nSPS) is 10.7. The molecule has 0 amide bonds. The highest BCUT2D eigenvalue weighted by molar-refractivity contribution is 5.48. The van der Waals surface area contributed by atoms with Crippen LogP contribution < -0.4 is 4.74 Å². The molecule has 0 aliphatic heterocycles. The Morgan fingerprint density at radius 3 is 2.33 bits per heavy atom. The van der Waals surface area contributed by atoms with E-state index in [1.807, 2.05) is 18.2 Å². The fraction of sp³-hybridized carbons (Fsp3) is 0.350. The molecule has 0 aromatic heterocycles. The van der Waals surface area contributed by atoms with Crippen molar-refractivity contribution in [2.45, 2.75) is 39.5 Å². The molecule has 2 rings (SSSR count). The summed E-state index contributed by atoms with van der Waals surface area (Å²) in [6.07, 6.45) is 4.20. The van der Waals surface area contributed by atoms with E-state index in [0.717, 1.165) is 49.4 Å². The van der Waals surface area contributed by atoms with E-state index in [1.54, 1.807) is 24.3 Å². The number of ether oxygens (including phenoxy) is 1. The molecule has 0 fully saturated rings. The SMILES string of the molecule is CCCCOc1ccc(N=Nc2ccc(C#N)cc2)cc1CCC. The maximum Gasteiger partial charge on any atom is 0.122 e. The first-order chi connectivity index (χ1) is 11.8. The molecule has 0 heterocycles. The van der Waals surface area contributed by atoms with E-state index in [9.17, 15) is 0 Å². The lowest BCUT2D eigenvalue weighted by atomic mass is 10.1. The smallest absolute Gasteiger partial charge is 0.122 e. The zero-order valence-electron chi connectivity index (χ0n) is 14.3. The molecule has 0 aliphatic carbocycles. The van der Waals surface area contributed by atoms with Crippen LogP contribution in [0.5, 0.6) is 5.75 Å². The van der Waals surface area contributed by atoms with Gasteiger partial charge in [-0.1, -0.05) is 26.7 Å². The zero-order valence-corrected chi connectivity index (χ0v) is 14.3. The highest BCUT2D eigenvalue weighted by Gasteiger charge is 2.05. The summed E-state index contributed by atoms with van der Waals surface area (Å²) in [5.74, 6) is 0.947. The highest BCUT2D eigenvalue weighted by atomic mass is 16.5. The van der Waals surface area contributed by atoms with Gasteiger partial charge in [-0.05, 0) is 60.9 Å². The Bertz CT molecular complexity index is 715. The molecule has 4 nitrogen and oxygen atoms in total. The molecule has 0 saturated heterocycles. The van der Waals surface area contributed by atoms with Crippen molar-refractivity contribution in [1.82, 2.24) is 0 Å². The maximum absolute atomic E-state index is 8.80. The van der Waals surface area contributed by atoms with E-state index >= 15 is 0 Å². The maximum atomic E-state index is 8.80. The van der Waals surface area contributed by atoms with Crippen molar-refractivity contribution in [2.24, 2.45) is 10.2 Å². The minimum absolute atomic E-state index is 0.618. The molecule has 0 atom stereocenters. The van der Waals surface area contributed by atoms with Gasteiger partial charge in [-0.3, -0.25) is 0 Å². The average molecular weight is 321 g/mol. The van der Waals surface area contributed by atoms with Gasteiger partial charge in [0, 0.05) is 0 Å². The van der Waals surface area contributed by atoms with Gasteiger partial charge in [-0.15, -0.1) is 0 Å². The Labute approximate surface area is 143 Å². The zero-order chi connectivity index (χ0) is 17.2. The van der Waals surface area contributed by atoms with Crippen molar-refractivity contribution >= 4 is 11.4 Å². The van der Waals surface area contributed by atoms with Gasteiger partial charge in [0.05, 0.1) is 29.6 Å². The Balaban J connectivity index is 2.13. The number of aryl methyl sites for hydroxylation is 1. The van der Waals surface area contributed by atoms with Crippen molar-refractivity contribution in [3.05, 3.63) is 53.6 Å². The van der Waals surface area contributed by atoms with Gasteiger partial charge < -0.3 is 4.74 Å². The molecular weight excluding hydrogens is 298 g/mol. The lowest BCUT2D eigenvalue weighted by molar-refractivity contribution is 0.306. The summed E-state index contributed by atoms with van der Waals surface area (Å²) in [5.41, 5.74) is 3.33. The fourth-order valence-corrected chi connectivity index (χ4v) is 2.28. The first kappa shape index (κ1) is 17.7. The average Bonchev–Trinajstić information content (AvgIpc) is 2.62. The predicted octanol–water partition coefficient (Wildman–Crippen LogP) is 6.11. The third-order valence-corrected chi connectivity index (χ3v) is 3.60. The van der Waals surface area contributed by atoms with E-state index in [0.29, 0.717) is 5.56 Å². The quantitative estimate of drug-likeness (QED) is 0.435. The molecule has 0 aliphatic rings. The van der Waals surface area contributed by atoms with Crippen LogP contribution in [0.25, 0.3) is 0 Å². The van der Waals surface area contributed by atoms with Crippen LogP contribution in [0.2, 0.25) is 0 Å². The number of unbranched alkanes of at least 4 members (excludes halogenated alkanes) is 1. The number of hydrogen-bond acceptors (Lipinski definition) is 4. The summed E-state index contributed by atoms with van der Waals surface area (Å²) in [4.78, 5) is 0. The summed E-state index contributed by atoms with van der Waals surface area (Å²) in [6, 6.07) is 15.1. The van der Waals surface area contributed by atoms with Gasteiger partial charge in [0.25, 0.3) is 0 Å². The third kappa shape index (κ3) is 5.20. The molecule has 0 unspecified atom stereocenters. The van der Waals surface area contributed by atoms with E-state index < -0.39 is 0 Å². The molecular formula is C20H23N3O. The van der Waals surface area contributed by atoms with Crippen LogP contribution in [-0.2, 0) is 6.42 Å². The summed E-state index contributed by atoms with van der Waals surface area (Å²) >= 11 is 0. The van der Waals surface area contributed by atoms with Crippen LogP contribution in [0.1, 0.15) is 44.2 Å². The second-order valence-corrected chi connectivity index (χ2v) is 5.60. The number of hydrogen-bond donors (Lipinski definition) is 0. The largest absolute Gasteiger partial charge is 0.493 e. The van der Waals surface area contributed by atoms with Crippen LogP contribution >= 0.6 is 0 Å². The molecule has 2 aromatic rings. The topological polar surface area (TPSA) is 57.7 Å². The molecule has 4 heteroatoms. The van der Waals surface area contributed by atoms with Crippen molar-refractivity contribution in [3.63, 3.8) is 0 Å². The number of rotatable bonds is 8. The van der Waals surface area contributed by atoms with Crippen molar-refractivity contribution in [2.75, 3.05) is 6.61 Å². The molecule has 24 heavy (non-hydrogen) atoms. The second-order valence-electron chi connectivity index (χ2n) is 5.60. The van der Waals surface area contributed by atoms with Crippen LogP contribution in [0, 0.1) is 11.3 Å². The van der Waals surface area contributed by atoms with Crippen LogP contribution in [0.4, 0.5) is 11.4 Å². The summed E-state index contributed by atoms with van der Waals surface area (Å²) < 4.78 is 5.87. The molecule has 0 spiro atoms. The molecule has 0 saturated carbocycles. The predicted molar refractivity (Wildman–Crippen MR) is 96.2 cm³/mol. The van der Waals surface area contributed by atoms with Gasteiger partial charge in [-0.2, -0.15) is 15.5 Å². The van der Waals surface area contributed by atoms with Crippen molar-refractivity contribution in [1.29, 1.82) is 5.26 Å². The highest BCUT2D eigenvalue weighted by Crippen LogP contribution is 2.27. The minimum Gasteiger partial charge on any atom is -0.493 e. The van der Waals surface area contributed by atoms with Gasteiger partial charge in [0.15, 0.2) is 0 Å². The van der Waals surface area contributed by atoms with Gasteiger partial charge in [0.2, 0.25) is 0 Å². The van der Waals surface area contributed by atoms with Gasteiger partial charge >= 0.3 is 0 Å². The number of nitrogens with zero attached hydrogens (tertiary/aromatic N) is 3. The summed E-state index contributed by atoms with van der Waals surface area (Å²) in [6.45, 7) is 5.06. The number of nitriles is 1. The molecule has 2 aromatic carbocycles. The van der Waals surface area contributed by atoms with Crippen molar-refractivity contribution in [3.8, 4) is 11.8 Å². The Hall–Kier alpha value is -2.67.